The van der Waals surface area contributed by atoms with Crippen LogP contribution in [0.3, 0.4) is 0 Å². The Bertz CT molecular complexity index is 711. The number of nitrogens with zero attached hydrogens (tertiary/aromatic N) is 1. The maximum atomic E-state index is 13.6. The topological polar surface area (TPSA) is 61.7 Å². The predicted molar refractivity (Wildman–Crippen MR) is 79.0 cm³/mol. The number of hydrogen-bond donors (Lipinski definition) is 2. The number of phenols is 1. The van der Waals surface area contributed by atoms with Gasteiger partial charge in [-0.15, -0.1) is 0 Å². The SMILES string of the molecule is Cc1cc(F)c(C)c(/C=N/NC(=O)c2ccccc2O)c1. The number of amides is 1. The standard InChI is InChI=1S/C16H15FN2O2/c1-10-7-12(11(2)14(17)8-10)9-18-19-16(21)13-5-3-4-6-15(13)20/h3-9,20H,1-2H3,(H,19,21)/b18-9+. The summed E-state index contributed by atoms with van der Waals surface area (Å²) in [6.45, 7) is 3.42. The van der Waals surface area contributed by atoms with Gasteiger partial charge in [0.2, 0.25) is 0 Å². The van der Waals surface area contributed by atoms with Crippen LogP contribution < -0.4 is 5.43 Å². The summed E-state index contributed by atoms with van der Waals surface area (Å²) in [7, 11) is 0. The van der Waals surface area contributed by atoms with Gasteiger partial charge in [-0.3, -0.25) is 4.79 Å². The Hall–Kier alpha value is -2.69. The van der Waals surface area contributed by atoms with Gasteiger partial charge in [-0.1, -0.05) is 12.1 Å². The minimum absolute atomic E-state index is 0.122. The lowest BCUT2D eigenvalue weighted by Crippen LogP contribution is -2.17. The number of hydrogen-bond acceptors (Lipinski definition) is 3. The van der Waals surface area contributed by atoms with Gasteiger partial charge in [0.05, 0.1) is 11.8 Å². The van der Waals surface area contributed by atoms with Crippen molar-refractivity contribution in [1.82, 2.24) is 5.43 Å². The van der Waals surface area contributed by atoms with E-state index in [2.05, 4.69) is 10.5 Å². The summed E-state index contributed by atoms with van der Waals surface area (Å²) in [5, 5.41) is 13.4. The van der Waals surface area contributed by atoms with Gasteiger partial charge in [-0.05, 0) is 49.2 Å². The van der Waals surface area contributed by atoms with Crippen LogP contribution in [-0.2, 0) is 0 Å². The molecule has 0 aliphatic rings. The Morgan fingerprint density at radius 1 is 1.29 bits per heavy atom. The molecular weight excluding hydrogens is 271 g/mol. The number of para-hydroxylation sites is 1. The molecule has 0 spiro atoms. The van der Waals surface area contributed by atoms with E-state index in [0.29, 0.717) is 11.1 Å². The molecule has 1 amide bonds. The third-order valence-electron chi connectivity index (χ3n) is 3.05. The van der Waals surface area contributed by atoms with Gasteiger partial charge >= 0.3 is 0 Å². The van der Waals surface area contributed by atoms with Gasteiger partial charge in [0.25, 0.3) is 5.91 Å². The third-order valence-corrected chi connectivity index (χ3v) is 3.05. The Kier molecular flexibility index (Phi) is 4.33. The summed E-state index contributed by atoms with van der Waals surface area (Å²) in [4.78, 5) is 11.8. The first kappa shape index (κ1) is 14.7. The highest BCUT2D eigenvalue weighted by Crippen LogP contribution is 2.15. The number of hydrazone groups is 1. The molecule has 2 N–H and O–H groups in total. The lowest BCUT2D eigenvalue weighted by atomic mass is 10.1. The predicted octanol–water partition coefficient (Wildman–Crippen LogP) is 2.91. The van der Waals surface area contributed by atoms with Crippen LogP contribution in [0.4, 0.5) is 4.39 Å². The third kappa shape index (κ3) is 3.45. The maximum Gasteiger partial charge on any atom is 0.275 e. The van der Waals surface area contributed by atoms with Crippen LogP contribution in [0.25, 0.3) is 0 Å². The molecule has 2 aromatic rings. The van der Waals surface area contributed by atoms with E-state index in [1.54, 1.807) is 32.0 Å². The molecular formula is C16H15FN2O2. The van der Waals surface area contributed by atoms with Crippen molar-refractivity contribution in [3.8, 4) is 5.75 Å². The van der Waals surface area contributed by atoms with Crippen molar-refractivity contribution in [1.29, 1.82) is 0 Å². The molecule has 0 saturated carbocycles. The molecule has 0 aliphatic heterocycles. The average Bonchev–Trinajstić information content (AvgIpc) is 2.44. The van der Waals surface area contributed by atoms with Gasteiger partial charge in [-0.25, -0.2) is 9.82 Å². The van der Waals surface area contributed by atoms with Crippen molar-refractivity contribution in [3.63, 3.8) is 0 Å². The molecule has 4 nitrogen and oxygen atoms in total. The summed E-state index contributed by atoms with van der Waals surface area (Å²) >= 11 is 0. The molecule has 2 aromatic carbocycles. The van der Waals surface area contributed by atoms with Crippen LogP contribution in [0.15, 0.2) is 41.5 Å². The lowest BCUT2D eigenvalue weighted by Gasteiger charge is -2.04. The van der Waals surface area contributed by atoms with Crippen molar-refractivity contribution >= 4 is 12.1 Å². The molecule has 0 unspecified atom stereocenters. The Labute approximate surface area is 121 Å². The van der Waals surface area contributed by atoms with Crippen molar-refractivity contribution in [2.75, 3.05) is 0 Å². The maximum absolute atomic E-state index is 13.6. The van der Waals surface area contributed by atoms with E-state index >= 15 is 0 Å². The molecule has 0 fully saturated rings. The van der Waals surface area contributed by atoms with Crippen molar-refractivity contribution in [3.05, 3.63) is 64.5 Å². The molecule has 0 saturated heterocycles. The fraction of sp³-hybridized carbons (Fsp3) is 0.125. The Morgan fingerprint density at radius 2 is 2.00 bits per heavy atom. The van der Waals surface area contributed by atoms with Crippen LogP contribution in [0, 0.1) is 19.7 Å². The van der Waals surface area contributed by atoms with Crippen LogP contribution >= 0.6 is 0 Å². The van der Waals surface area contributed by atoms with Gasteiger partial charge in [0, 0.05) is 5.56 Å². The fourth-order valence-electron chi connectivity index (χ4n) is 1.86. The first-order valence-corrected chi connectivity index (χ1v) is 6.37. The van der Waals surface area contributed by atoms with E-state index in [0.717, 1.165) is 5.56 Å². The normalized spacial score (nSPS) is 10.8. The zero-order valence-electron chi connectivity index (χ0n) is 11.7. The minimum Gasteiger partial charge on any atom is -0.507 e. The molecule has 0 heterocycles. The molecule has 0 aliphatic carbocycles. The number of nitrogens with one attached hydrogen (secondary N) is 1. The van der Waals surface area contributed by atoms with E-state index in [9.17, 15) is 14.3 Å². The molecule has 108 valence electrons. The number of aromatic hydroxyl groups is 1. The zero-order valence-corrected chi connectivity index (χ0v) is 11.7. The molecule has 0 bridgehead atoms. The van der Waals surface area contributed by atoms with Gasteiger partial charge in [0.15, 0.2) is 0 Å². The minimum atomic E-state index is -0.532. The van der Waals surface area contributed by atoms with E-state index in [4.69, 9.17) is 0 Å². The quantitative estimate of drug-likeness (QED) is 0.673. The van der Waals surface area contributed by atoms with E-state index in [-0.39, 0.29) is 17.1 Å². The average molecular weight is 286 g/mol. The van der Waals surface area contributed by atoms with E-state index in [1.165, 1.54) is 24.4 Å². The number of rotatable bonds is 3. The van der Waals surface area contributed by atoms with Crippen molar-refractivity contribution in [2.24, 2.45) is 5.10 Å². The lowest BCUT2D eigenvalue weighted by molar-refractivity contribution is 0.0952. The summed E-state index contributed by atoms with van der Waals surface area (Å²) in [6.07, 6.45) is 1.38. The van der Waals surface area contributed by atoms with Crippen molar-refractivity contribution < 1.29 is 14.3 Å². The first-order valence-electron chi connectivity index (χ1n) is 6.37. The number of phenolic OH excluding ortho intramolecular Hbond substituents is 1. The second-order valence-corrected chi connectivity index (χ2v) is 4.68. The van der Waals surface area contributed by atoms with Gasteiger partial charge < -0.3 is 5.11 Å². The number of aryl methyl sites for hydroxylation is 1. The van der Waals surface area contributed by atoms with E-state index < -0.39 is 5.91 Å². The highest BCUT2D eigenvalue weighted by molar-refractivity contribution is 5.97. The smallest absolute Gasteiger partial charge is 0.275 e. The van der Waals surface area contributed by atoms with Crippen molar-refractivity contribution in [2.45, 2.75) is 13.8 Å². The molecule has 0 atom stereocenters. The second-order valence-electron chi connectivity index (χ2n) is 4.68. The fourth-order valence-corrected chi connectivity index (χ4v) is 1.86. The van der Waals surface area contributed by atoms with Crippen LogP contribution in [0.2, 0.25) is 0 Å². The Morgan fingerprint density at radius 3 is 2.71 bits per heavy atom. The second kappa shape index (κ2) is 6.17. The molecule has 2 rings (SSSR count). The number of carbonyl (C=O) groups is 1. The highest BCUT2D eigenvalue weighted by Gasteiger charge is 2.09. The largest absolute Gasteiger partial charge is 0.507 e. The molecule has 5 heteroatoms. The van der Waals surface area contributed by atoms with Crippen LogP contribution in [0.5, 0.6) is 5.75 Å². The zero-order chi connectivity index (χ0) is 15.4. The number of halogens is 1. The van der Waals surface area contributed by atoms with Crippen LogP contribution in [0.1, 0.15) is 27.0 Å². The number of carbonyl (C=O) groups excluding carboxylic acids is 1. The highest BCUT2D eigenvalue weighted by atomic mass is 19.1. The summed E-state index contributed by atoms with van der Waals surface area (Å²) in [5.41, 5.74) is 4.25. The summed E-state index contributed by atoms with van der Waals surface area (Å²) < 4.78 is 13.6. The molecule has 21 heavy (non-hydrogen) atoms. The summed E-state index contributed by atoms with van der Waals surface area (Å²) in [6, 6.07) is 9.37. The molecule has 0 radical (unpaired) electrons. The Balaban J connectivity index is 2.13. The first-order chi connectivity index (χ1) is 9.99. The van der Waals surface area contributed by atoms with E-state index in [1.807, 2.05) is 0 Å². The number of benzene rings is 2. The summed E-state index contributed by atoms with van der Waals surface area (Å²) in [5.74, 6) is -0.971. The monoisotopic (exact) mass is 286 g/mol. The van der Waals surface area contributed by atoms with Crippen LogP contribution in [-0.4, -0.2) is 17.2 Å². The van der Waals surface area contributed by atoms with Gasteiger partial charge in [-0.2, -0.15) is 5.10 Å². The molecule has 0 aromatic heterocycles. The van der Waals surface area contributed by atoms with Gasteiger partial charge in [0.1, 0.15) is 11.6 Å².